The minimum atomic E-state index is -4.20. The van der Waals surface area contributed by atoms with Crippen LogP contribution in [0.3, 0.4) is 0 Å². The van der Waals surface area contributed by atoms with E-state index >= 15 is 0 Å². The Morgan fingerprint density at radius 3 is 2.42 bits per heavy atom. The molecule has 136 valence electrons. The summed E-state index contributed by atoms with van der Waals surface area (Å²) in [6.45, 7) is 2.73. The summed E-state index contributed by atoms with van der Waals surface area (Å²) < 4.78 is 33.4. The van der Waals surface area contributed by atoms with Crippen LogP contribution < -0.4 is 9.88 Å². The number of hydrogen-bond acceptors (Lipinski definition) is 4. The highest BCUT2D eigenvalue weighted by molar-refractivity contribution is 7.85. The van der Waals surface area contributed by atoms with Crippen LogP contribution in [0, 0.1) is 0 Å². The Morgan fingerprint density at radius 2 is 1.85 bits per heavy atom. The standard InChI is InChI=1S/C17H14Cl2N2O3S2/c1-2-21-16(14-8-3-11(18)9-15(14)19)10-25-17(21)20-12-4-6-13(7-5-12)26(22,23)24/h3-10H,2H2,1H3,(H,22,23,24)/p+1. The molecule has 0 amide bonds. The quantitative estimate of drug-likeness (QED) is 0.441. The molecule has 3 rings (SSSR count). The van der Waals surface area contributed by atoms with E-state index in [4.69, 9.17) is 27.8 Å². The maximum atomic E-state index is 11.1. The second-order valence-electron chi connectivity index (χ2n) is 5.42. The molecule has 0 radical (unpaired) electrons. The van der Waals surface area contributed by atoms with Gasteiger partial charge in [-0.25, -0.2) is 9.88 Å². The zero-order chi connectivity index (χ0) is 18.9. The predicted octanol–water partition coefficient (Wildman–Crippen LogP) is 5.02. The molecule has 9 heteroatoms. The van der Waals surface area contributed by atoms with Crippen LogP contribution in [0.4, 0.5) is 10.8 Å². The number of rotatable bonds is 5. The van der Waals surface area contributed by atoms with Gasteiger partial charge in [0.15, 0.2) is 0 Å². The molecule has 0 aliphatic carbocycles. The molecule has 26 heavy (non-hydrogen) atoms. The molecule has 1 heterocycles. The van der Waals surface area contributed by atoms with Gasteiger partial charge in [-0.2, -0.15) is 8.42 Å². The second kappa shape index (κ2) is 7.54. The molecule has 3 aromatic rings. The first kappa shape index (κ1) is 19.1. The van der Waals surface area contributed by atoms with Crippen molar-refractivity contribution >= 4 is 55.5 Å². The van der Waals surface area contributed by atoms with Gasteiger partial charge in [0.25, 0.3) is 10.1 Å². The lowest BCUT2D eigenvalue weighted by atomic mass is 10.1. The van der Waals surface area contributed by atoms with Gasteiger partial charge < -0.3 is 0 Å². The van der Waals surface area contributed by atoms with Gasteiger partial charge in [0.2, 0.25) is 0 Å². The summed E-state index contributed by atoms with van der Waals surface area (Å²) in [4.78, 5) is -0.147. The molecule has 0 fully saturated rings. The fraction of sp³-hybridized carbons (Fsp3) is 0.118. The van der Waals surface area contributed by atoms with Crippen molar-refractivity contribution in [3.8, 4) is 11.3 Å². The van der Waals surface area contributed by atoms with E-state index in [0.717, 1.165) is 16.4 Å². The normalized spacial score (nSPS) is 11.5. The van der Waals surface area contributed by atoms with Crippen molar-refractivity contribution in [3.63, 3.8) is 0 Å². The monoisotopic (exact) mass is 429 g/mol. The highest BCUT2D eigenvalue weighted by atomic mass is 35.5. The lowest BCUT2D eigenvalue weighted by molar-refractivity contribution is -0.664. The lowest BCUT2D eigenvalue weighted by Gasteiger charge is -2.06. The van der Waals surface area contributed by atoms with Crippen LogP contribution in [0.1, 0.15) is 6.92 Å². The van der Waals surface area contributed by atoms with Crippen molar-refractivity contribution in [2.24, 2.45) is 0 Å². The summed E-state index contributed by atoms with van der Waals surface area (Å²) in [5.74, 6) is 0. The molecular weight excluding hydrogens is 415 g/mol. The first-order valence-corrected chi connectivity index (χ1v) is 10.7. The van der Waals surface area contributed by atoms with Crippen molar-refractivity contribution < 1.29 is 17.5 Å². The van der Waals surface area contributed by atoms with Gasteiger partial charge in [0, 0.05) is 16.0 Å². The average Bonchev–Trinajstić information content (AvgIpc) is 2.97. The molecule has 0 saturated carbocycles. The zero-order valence-corrected chi connectivity index (χ0v) is 16.8. The molecular formula is C17H15Cl2N2O3S2+. The Bertz CT molecular complexity index is 1050. The number of hydrogen-bond donors (Lipinski definition) is 2. The lowest BCUT2D eigenvalue weighted by Crippen LogP contribution is -2.35. The zero-order valence-electron chi connectivity index (χ0n) is 13.6. The SMILES string of the molecule is CC[n+]1c(-c2ccc(Cl)cc2Cl)csc1Nc1ccc(S(=O)(=O)O)cc1. The minimum absolute atomic E-state index is 0.147. The average molecular weight is 430 g/mol. The first-order valence-electron chi connectivity index (χ1n) is 7.61. The molecule has 0 aliphatic rings. The fourth-order valence-electron chi connectivity index (χ4n) is 2.50. The maximum absolute atomic E-state index is 11.1. The van der Waals surface area contributed by atoms with Crippen molar-refractivity contribution in [3.05, 3.63) is 57.9 Å². The second-order valence-corrected chi connectivity index (χ2v) is 8.54. The highest BCUT2D eigenvalue weighted by Gasteiger charge is 2.20. The fourth-order valence-corrected chi connectivity index (χ4v) is 4.49. The van der Waals surface area contributed by atoms with Gasteiger partial charge in [0.1, 0.15) is 11.4 Å². The molecule has 0 aliphatic heterocycles. The summed E-state index contributed by atoms with van der Waals surface area (Å²) in [7, 11) is -4.20. The van der Waals surface area contributed by atoms with Gasteiger partial charge in [-0.3, -0.25) is 4.55 Å². The summed E-state index contributed by atoms with van der Waals surface area (Å²) in [5.41, 5.74) is 2.54. The van der Waals surface area contributed by atoms with Gasteiger partial charge in [-0.15, -0.1) is 0 Å². The third-order valence-corrected chi connectivity index (χ3v) is 6.05. The van der Waals surface area contributed by atoms with Crippen LogP contribution in [0.5, 0.6) is 0 Å². The molecule has 5 nitrogen and oxygen atoms in total. The third kappa shape index (κ3) is 4.02. The van der Waals surface area contributed by atoms with Gasteiger partial charge >= 0.3 is 5.13 Å². The minimum Gasteiger partial charge on any atom is -0.282 e. The van der Waals surface area contributed by atoms with Crippen molar-refractivity contribution in [1.82, 2.24) is 0 Å². The summed E-state index contributed by atoms with van der Waals surface area (Å²) in [6.07, 6.45) is 0. The Kier molecular flexibility index (Phi) is 5.55. The van der Waals surface area contributed by atoms with Crippen LogP contribution in [-0.4, -0.2) is 13.0 Å². The topological polar surface area (TPSA) is 70.3 Å². The van der Waals surface area contributed by atoms with Crippen LogP contribution in [0.25, 0.3) is 11.3 Å². The van der Waals surface area contributed by atoms with E-state index in [2.05, 4.69) is 9.88 Å². The van der Waals surface area contributed by atoms with Crippen LogP contribution in [0.15, 0.2) is 52.7 Å². The van der Waals surface area contributed by atoms with Crippen molar-refractivity contribution in [2.75, 3.05) is 5.32 Å². The van der Waals surface area contributed by atoms with E-state index in [1.54, 1.807) is 24.3 Å². The molecule has 0 atom stereocenters. The van der Waals surface area contributed by atoms with Crippen molar-refractivity contribution in [2.45, 2.75) is 18.4 Å². The van der Waals surface area contributed by atoms with Crippen molar-refractivity contribution in [1.29, 1.82) is 0 Å². The Hall–Kier alpha value is -1.64. The largest absolute Gasteiger partial charge is 0.339 e. The number of anilines is 2. The van der Waals surface area contributed by atoms with Gasteiger partial charge in [0.05, 0.1) is 16.5 Å². The van der Waals surface area contributed by atoms with E-state index in [0.29, 0.717) is 22.3 Å². The molecule has 2 aromatic carbocycles. The smallest absolute Gasteiger partial charge is 0.282 e. The van der Waals surface area contributed by atoms with E-state index in [1.165, 1.54) is 23.5 Å². The number of aromatic nitrogens is 1. The molecule has 0 unspecified atom stereocenters. The third-order valence-electron chi connectivity index (χ3n) is 3.74. The maximum Gasteiger partial charge on any atom is 0.339 e. The summed E-state index contributed by atoms with van der Waals surface area (Å²) in [5, 5.41) is 7.27. The van der Waals surface area contributed by atoms with Crippen LogP contribution in [0.2, 0.25) is 10.0 Å². The summed E-state index contributed by atoms with van der Waals surface area (Å²) >= 11 is 13.8. The van der Waals surface area contributed by atoms with E-state index in [-0.39, 0.29) is 4.90 Å². The molecule has 2 N–H and O–H groups in total. The van der Waals surface area contributed by atoms with E-state index < -0.39 is 10.1 Å². The highest BCUT2D eigenvalue weighted by Crippen LogP contribution is 2.32. The van der Waals surface area contributed by atoms with Crippen LogP contribution in [-0.2, 0) is 16.7 Å². The molecule has 0 spiro atoms. The molecule has 0 saturated heterocycles. The Balaban J connectivity index is 1.93. The number of nitrogens with one attached hydrogen (secondary N) is 1. The predicted molar refractivity (Wildman–Crippen MR) is 105 cm³/mol. The number of halogens is 2. The number of benzene rings is 2. The van der Waals surface area contributed by atoms with Gasteiger partial charge in [-0.05, 0) is 49.4 Å². The van der Waals surface area contributed by atoms with Gasteiger partial charge in [-0.1, -0.05) is 34.5 Å². The van der Waals surface area contributed by atoms with E-state index in [1.807, 2.05) is 18.4 Å². The Labute approximate surface area is 165 Å². The molecule has 0 bridgehead atoms. The Morgan fingerprint density at radius 1 is 1.15 bits per heavy atom. The first-order chi connectivity index (χ1) is 12.3. The number of thiazole rings is 1. The summed E-state index contributed by atoms with van der Waals surface area (Å²) in [6, 6.07) is 11.3. The molecule has 1 aromatic heterocycles. The van der Waals surface area contributed by atoms with Crippen LogP contribution >= 0.6 is 34.5 Å². The van der Waals surface area contributed by atoms with E-state index in [9.17, 15) is 8.42 Å². The number of nitrogens with zero attached hydrogens (tertiary/aromatic N) is 1.